The maximum atomic E-state index is 13.6. The average molecular weight is 438 g/mol. The largest absolute Gasteiger partial charge is 0.459 e. The van der Waals surface area contributed by atoms with E-state index in [1.807, 2.05) is 43.3 Å². The Labute approximate surface area is 189 Å². The number of esters is 1. The number of hydrogen-bond donors (Lipinski definition) is 2. The van der Waals surface area contributed by atoms with E-state index in [9.17, 15) is 14.4 Å². The summed E-state index contributed by atoms with van der Waals surface area (Å²) in [5.41, 5.74) is 2.51. The molecule has 1 aliphatic heterocycles. The molecular formula is C25H31N3O4. The maximum absolute atomic E-state index is 13.6. The van der Waals surface area contributed by atoms with Crippen LogP contribution < -0.4 is 15.5 Å². The van der Waals surface area contributed by atoms with Gasteiger partial charge in [0, 0.05) is 11.4 Å². The molecular weight excluding hydrogens is 406 g/mol. The standard InChI is InChI=1S/C25H31N3O4/c1-17-9-7-12-19(15-17)27-23(30)22-24(31)28(16-21(29)32-25(2,3)4)20-13-6-5-10-18(20)11-8-14-26-22/h5-7,9-10,12-13,15,22,26H,8,11,14,16H2,1-4H3,(H,27,30). The van der Waals surface area contributed by atoms with Gasteiger partial charge in [-0.05, 0) is 76.4 Å². The van der Waals surface area contributed by atoms with Crippen molar-refractivity contribution in [3.8, 4) is 0 Å². The van der Waals surface area contributed by atoms with E-state index < -0.39 is 29.4 Å². The zero-order valence-corrected chi connectivity index (χ0v) is 19.1. The Balaban J connectivity index is 1.91. The smallest absolute Gasteiger partial charge is 0.326 e. The molecule has 2 amide bonds. The normalized spacial score (nSPS) is 16.9. The first-order valence-corrected chi connectivity index (χ1v) is 10.9. The van der Waals surface area contributed by atoms with Crippen LogP contribution in [-0.2, 0) is 25.5 Å². The minimum absolute atomic E-state index is 0.275. The van der Waals surface area contributed by atoms with Gasteiger partial charge in [-0.25, -0.2) is 0 Å². The summed E-state index contributed by atoms with van der Waals surface area (Å²) in [7, 11) is 0. The molecule has 0 saturated carbocycles. The predicted molar refractivity (Wildman–Crippen MR) is 125 cm³/mol. The average Bonchev–Trinajstić information content (AvgIpc) is 2.76. The van der Waals surface area contributed by atoms with Crippen LogP contribution in [0.2, 0.25) is 0 Å². The summed E-state index contributed by atoms with van der Waals surface area (Å²) in [6.45, 7) is 7.48. The van der Waals surface area contributed by atoms with Gasteiger partial charge in [-0.3, -0.25) is 24.6 Å². The highest BCUT2D eigenvalue weighted by atomic mass is 16.6. The summed E-state index contributed by atoms with van der Waals surface area (Å²) in [6, 6.07) is 13.7. The van der Waals surface area contributed by atoms with Crippen molar-refractivity contribution in [2.75, 3.05) is 23.3 Å². The van der Waals surface area contributed by atoms with Crippen molar-refractivity contribution in [3.63, 3.8) is 0 Å². The van der Waals surface area contributed by atoms with E-state index in [1.165, 1.54) is 4.90 Å². The fraction of sp³-hybridized carbons (Fsp3) is 0.400. The summed E-state index contributed by atoms with van der Waals surface area (Å²) < 4.78 is 5.46. The molecule has 0 radical (unpaired) electrons. The topological polar surface area (TPSA) is 87.7 Å². The van der Waals surface area contributed by atoms with Gasteiger partial charge in [0.25, 0.3) is 11.8 Å². The Morgan fingerprint density at radius 2 is 1.91 bits per heavy atom. The summed E-state index contributed by atoms with van der Waals surface area (Å²) in [6.07, 6.45) is 1.46. The van der Waals surface area contributed by atoms with Crippen LogP contribution in [0, 0.1) is 6.92 Å². The lowest BCUT2D eigenvalue weighted by Crippen LogP contribution is -2.54. The molecule has 2 aromatic rings. The molecule has 1 aliphatic rings. The SMILES string of the molecule is Cc1cccc(NC(=O)C2NCCCc3ccccc3N(CC(=O)OC(C)(C)C)C2=O)c1. The number of amides is 2. The summed E-state index contributed by atoms with van der Waals surface area (Å²) >= 11 is 0. The van der Waals surface area contributed by atoms with Crippen LogP contribution >= 0.6 is 0 Å². The second-order valence-corrected chi connectivity index (χ2v) is 8.99. The minimum Gasteiger partial charge on any atom is -0.459 e. The van der Waals surface area contributed by atoms with Crippen LogP contribution in [0.15, 0.2) is 48.5 Å². The number of anilines is 2. The molecule has 0 aliphatic carbocycles. The highest BCUT2D eigenvalue weighted by molar-refractivity contribution is 6.16. The van der Waals surface area contributed by atoms with Crippen LogP contribution in [0.4, 0.5) is 11.4 Å². The molecule has 1 heterocycles. The second-order valence-electron chi connectivity index (χ2n) is 8.99. The molecule has 0 fully saturated rings. The van der Waals surface area contributed by atoms with Gasteiger partial charge in [0.15, 0.2) is 6.04 Å². The monoisotopic (exact) mass is 437 g/mol. The zero-order chi connectivity index (χ0) is 23.3. The Hall–Kier alpha value is -3.19. The van der Waals surface area contributed by atoms with Gasteiger partial charge in [-0.1, -0.05) is 30.3 Å². The van der Waals surface area contributed by atoms with Gasteiger partial charge >= 0.3 is 5.97 Å². The van der Waals surface area contributed by atoms with Crippen LogP contribution in [-0.4, -0.2) is 42.5 Å². The minimum atomic E-state index is -1.14. The first-order chi connectivity index (χ1) is 15.1. The van der Waals surface area contributed by atoms with E-state index in [2.05, 4.69) is 10.6 Å². The van der Waals surface area contributed by atoms with E-state index >= 15 is 0 Å². The van der Waals surface area contributed by atoms with E-state index in [0.717, 1.165) is 17.5 Å². The first kappa shape index (κ1) is 23.5. The summed E-state index contributed by atoms with van der Waals surface area (Å²) in [5, 5.41) is 5.90. The van der Waals surface area contributed by atoms with Crippen molar-refractivity contribution in [2.24, 2.45) is 0 Å². The Morgan fingerprint density at radius 1 is 1.16 bits per heavy atom. The lowest BCUT2D eigenvalue weighted by atomic mass is 10.1. The molecule has 2 N–H and O–H groups in total. The van der Waals surface area contributed by atoms with Crippen LogP contribution in [0.1, 0.15) is 38.3 Å². The van der Waals surface area contributed by atoms with Gasteiger partial charge in [0.2, 0.25) is 0 Å². The molecule has 2 aromatic carbocycles. The molecule has 170 valence electrons. The second kappa shape index (κ2) is 9.96. The molecule has 32 heavy (non-hydrogen) atoms. The number of carbonyl (C=O) groups is 3. The molecule has 1 atom stereocenters. The molecule has 0 saturated heterocycles. The highest BCUT2D eigenvalue weighted by Crippen LogP contribution is 2.25. The maximum Gasteiger partial charge on any atom is 0.326 e. The Kier molecular flexibility index (Phi) is 7.30. The Bertz CT molecular complexity index is 997. The van der Waals surface area contributed by atoms with Crippen molar-refractivity contribution < 1.29 is 19.1 Å². The number of fused-ring (bicyclic) bond motifs is 1. The lowest BCUT2D eigenvalue weighted by Gasteiger charge is -2.29. The number of aryl methyl sites for hydroxylation is 2. The molecule has 1 unspecified atom stereocenters. The number of carbonyl (C=O) groups excluding carboxylic acids is 3. The van der Waals surface area contributed by atoms with E-state index in [-0.39, 0.29) is 6.54 Å². The number of nitrogens with one attached hydrogen (secondary N) is 2. The number of hydrogen-bond acceptors (Lipinski definition) is 5. The molecule has 7 nitrogen and oxygen atoms in total. The number of nitrogens with zero attached hydrogens (tertiary/aromatic N) is 1. The lowest BCUT2D eigenvalue weighted by molar-refractivity contribution is -0.153. The first-order valence-electron chi connectivity index (χ1n) is 10.9. The molecule has 3 rings (SSSR count). The number of ether oxygens (including phenoxy) is 1. The molecule has 0 spiro atoms. The number of benzene rings is 2. The van der Waals surface area contributed by atoms with Crippen LogP contribution in [0.3, 0.4) is 0 Å². The Morgan fingerprint density at radius 3 is 2.62 bits per heavy atom. The third-order valence-corrected chi connectivity index (χ3v) is 5.02. The fourth-order valence-corrected chi connectivity index (χ4v) is 3.68. The van der Waals surface area contributed by atoms with Gasteiger partial charge in [-0.15, -0.1) is 0 Å². The zero-order valence-electron chi connectivity index (χ0n) is 19.1. The van der Waals surface area contributed by atoms with E-state index in [1.54, 1.807) is 32.9 Å². The fourth-order valence-electron chi connectivity index (χ4n) is 3.68. The van der Waals surface area contributed by atoms with Crippen LogP contribution in [0.25, 0.3) is 0 Å². The van der Waals surface area contributed by atoms with Gasteiger partial charge in [0.1, 0.15) is 12.1 Å². The highest BCUT2D eigenvalue weighted by Gasteiger charge is 2.35. The van der Waals surface area contributed by atoms with Crippen molar-refractivity contribution in [2.45, 2.75) is 52.2 Å². The molecule has 7 heteroatoms. The predicted octanol–water partition coefficient (Wildman–Crippen LogP) is 3.21. The van der Waals surface area contributed by atoms with Crippen molar-refractivity contribution in [3.05, 3.63) is 59.7 Å². The number of rotatable bonds is 4. The van der Waals surface area contributed by atoms with Crippen molar-refractivity contribution in [1.82, 2.24) is 5.32 Å². The van der Waals surface area contributed by atoms with Gasteiger partial charge in [-0.2, -0.15) is 0 Å². The van der Waals surface area contributed by atoms with Gasteiger partial charge in [0.05, 0.1) is 0 Å². The summed E-state index contributed by atoms with van der Waals surface area (Å²) in [4.78, 5) is 40.7. The van der Waals surface area contributed by atoms with E-state index in [4.69, 9.17) is 4.74 Å². The van der Waals surface area contributed by atoms with Crippen molar-refractivity contribution in [1.29, 1.82) is 0 Å². The quantitative estimate of drug-likeness (QED) is 0.567. The van der Waals surface area contributed by atoms with Gasteiger partial charge < -0.3 is 10.1 Å². The van der Waals surface area contributed by atoms with E-state index in [0.29, 0.717) is 24.3 Å². The van der Waals surface area contributed by atoms with Crippen LogP contribution in [0.5, 0.6) is 0 Å². The number of para-hydroxylation sites is 1. The third kappa shape index (κ3) is 6.17. The summed E-state index contributed by atoms with van der Waals surface area (Å²) in [5.74, 6) is -1.48. The molecule has 0 bridgehead atoms. The third-order valence-electron chi connectivity index (χ3n) is 5.02. The molecule has 0 aromatic heterocycles. The van der Waals surface area contributed by atoms with Crippen molar-refractivity contribution >= 4 is 29.2 Å².